The predicted molar refractivity (Wildman–Crippen MR) is 70.7 cm³/mol. The van der Waals surface area contributed by atoms with Crippen LogP contribution in [-0.2, 0) is 4.79 Å². The van der Waals surface area contributed by atoms with Crippen LogP contribution in [0.15, 0.2) is 0 Å². The molecule has 4 heteroatoms. The van der Waals surface area contributed by atoms with Crippen LogP contribution in [0.25, 0.3) is 0 Å². The summed E-state index contributed by atoms with van der Waals surface area (Å²) in [6.07, 6.45) is 2.00. The number of nitrogens with two attached hydrogens (primary N) is 1. The molecule has 0 radical (unpaired) electrons. The second kappa shape index (κ2) is 5.83. The van der Waals surface area contributed by atoms with Crippen LogP contribution in [0.1, 0.15) is 26.7 Å². The van der Waals surface area contributed by atoms with Crippen molar-refractivity contribution < 1.29 is 4.79 Å². The molecule has 2 N–H and O–H groups in total. The lowest BCUT2D eigenvalue weighted by Gasteiger charge is -2.32. The van der Waals surface area contributed by atoms with E-state index in [2.05, 4.69) is 11.9 Å². The highest BCUT2D eigenvalue weighted by molar-refractivity contribution is 5.82. The molecule has 2 atom stereocenters. The molecule has 1 aliphatic rings. The molecule has 0 aromatic carbocycles. The number of amides is 1. The molecule has 100 valence electrons. The smallest absolute Gasteiger partial charge is 0.229 e. The highest BCUT2D eigenvalue weighted by Gasteiger charge is 2.33. The number of carbonyl (C=O) groups is 1. The van der Waals surface area contributed by atoms with Crippen molar-refractivity contribution in [2.45, 2.75) is 26.7 Å². The molecule has 17 heavy (non-hydrogen) atoms. The van der Waals surface area contributed by atoms with Crippen LogP contribution in [0.5, 0.6) is 0 Å². The number of nitrogens with zero attached hydrogens (tertiary/aromatic N) is 2. The zero-order chi connectivity index (χ0) is 13.1. The number of hydrogen-bond acceptors (Lipinski definition) is 3. The standard InChI is InChI=1S/C13H27N3O/c1-5-13(2,10-14)12(17)16(4)9-11-6-7-15(3)8-11/h11H,5-10,14H2,1-4H3. The lowest BCUT2D eigenvalue weighted by molar-refractivity contribution is -0.140. The Bertz CT molecular complexity index is 263. The van der Waals surface area contributed by atoms with Gasteiger partial charge >= 0.3 is 0 Å². The van der Waals surface area contributed by atoms with Crippen LogP contribution in [-0.4, -0.2) is 56.0 Å². The number of hydrogen-bond donors (Lipinski definition) is 1. The SMILES string of the molecule is CCC(C)(CN)C(=O)N(C)CC1CCN(C)C1. The van der Waals surface area contributed by atoms with E-state index in [4.69, 9.17) is 5.73 Å². The molecule has 0 bridgehead atoms. The first-order chi connectivity index (χ1) is 7.92. The van der Waals surface area contributed by atoms with Gasteiger partial charge in [-0.25, -0.2) is 0 Å². The van der Waals surface area contributed by atoms with E-state index in [-0.39, 0.29) is 11.3 Å². The van der Waals surface area contributed by atoms with Crippen LogP contribution >= 0.6 is 0 Å². The van der Waals surface area contributed by atoms with Crippen molar-refractivity contribution in [2.75, 3.05) is 40.3 Å². The van der Waals surface area contributed by atoms with Crippen LogP contribution in [0.3, 0.4) is 0 Å². The summed E-state index contributed by atoms with van der Waals surface area (Å²) in [4.78, 5) is 16.5. The zero-order valence-electron chi connectivity index (χ0n) is 11.7. The van der Waals surface area contributed by atoms with Gasteiger partial charge < -0.3 is 15.5 Å². The van der Waals surface area contributed by atoms with E-state index in [1.54, 1.807) is 0 Å². The molecule has 0 aromatic heterocycles. The molecule has 1 amide bonds. The third-order valence-electron chi connectivity index (χ3n) is 4.11. The van der Waals surface area contributed by atoms with E-state index < -0.39 is 0 Å². The monoisotopic (exact) mass is 241 g/mol. The van der Waals surface area contributed by atoms with Crippen LogP contribution in [0.2, 0.25) is 0 Å². The molecule has 1 saturated heterocycles. The topological polar surface area (TPSA) is 49.6 Å². The van der Waals surface area contributed by atoms with Gasteiger partial charge in [0.1, 0.15) is 0 Å². The third-order valence-corrected chi connectivity index (χ3v) is 4.11. The van der Waals surface area contributed by atoms with Crippen LogP contribution in [0, 0.1) is 11.3 Å². The van der Waals surface area contributed by atoms with Gasteiger partial charge in [-0.3, -0.25) is 4.79 Å². The average molecular weight is 241 g/mol. The fourth-order valence-corrected chi connectivity index (χ4v) is 2.49. The lowest BCUT2D eigenvalue weighted by atomic mass is 9.86. The molecular formula is C13H27N3O. The molecule has 4 nitrogen and oxygen atoms in total. The average Bonchev–Trinajstić information content (AvgIpc) is 2.72. The summed E-state index contributed by atoms with van der Waals surface area (Å²) in [6, 6.07) is 0. The van der Waals surface area contributed by atoms with Crippen molar-refractivity contribution in [3.05, 3.63) is 0 Å². The van der Waals surface area contributed by atoms with Gasteiger partial charge in [0.2, 0.25) is 5.91 Å². The maximum atomic E-state index is 12.3. The second-order valence-electron chi connectivity index (χ2n) is 5.72. The number of likely N-dealkylation sites (tertiary alicyclic amines) is 1. The number of rotatable bonds is 5. The molecule has 1 heterocycles. The maximum absolute atomic E-state index is 12.3. The molecule has 0 saturated carbocycles. The van der Waals surface area contributed by atoms with Crippen molar-refractivity contribution in [1.82, 2.24) is 9.80 Å². The van der Waals surface area contributed by atoms with E-state index in [1.165, 1.54) is 6.42 Å². The van der Waals surface area contributed by atoms with Crippen LogP contribution in [0.4, 0.5) is 0 Å². The van der Waals surface area contributed by atoms with Gasteiger partial charge in [-0.1, -0.05) is 6.92 Å². The van der Waals surface area contributed by atoms with Crippen molar-refractivity contribution >= 4 is 5.91 Å². The Balaban J connectivity index is 2.52. The van der Waals surface area contributed by atoms with Crippen molar-refractivity contribution in [2.24, 2.45) is 17.1 Å². The van der Waals surface area contributed by atoms with Gasteiger partial charge in [-0.05, 0) is 39.3 Å². The van der Waals surface area contributed by atoms with Gasteiger partial charge in [0.05, 0.1) is 5.41 Å². The van der Waals surface area contributed by atoms with Crippen molar-refractivity contribution in [1.29, 1.82) is 0 Å². The number of carbonyl (C=O) groups excluding carboxylic acids is 1. The van der Waals surface area contributed by atoms with E-state index >= 15 is 0 Å². The van der Waals surface area contributed by atoms with Crippen molar-refractivity contribution in [3.63, 3.8) is 0 Å². The van der Waals surface area contributed by atoms with E-state index in [0.29, 0.717) is 12.5 Å². The minimum absolute atomic E-state index is 0.192. The quantitative estimate of drug-likeness (QED) is 0.773. The van der Waals surface area contributed by atoms with Gasteiger partial charge in [0.25, 0.3) is 0 Å². The minimum Gasteiger partial charge on any atom is -0.345 e. The Morgan fingerprint density at radius 1 is 1.59 bits per heavy atom. The summed E-state index contributed by atoms with van der Waals surface area (Å²) in [7, 11) is 4.04. The highest BCUT2D eigenvalue weighted by atomic mass is 16.2. The fraction of sp³-hybridized carbons (Fsp3) is 0.923. The summed E-state index contributed by atoms with van der Waals surface area (Å²) >= 11 is 0. The Kier molecular flexibility index (Phi) is 4.95. The normalized spacial score (nSPS) is 24.6. The molecule has 1 fully saturated rings. The first kappa shape index (κ1) is 14.5. The van der Waals surface area contributed by atoms with Gasteiger partial charge in [-0.15, -0.1) is 0 Å². The largest absolute Gasteiger partial charge is 0.345 e. The molecule has 1 rings (SSSR count). The second-order valence-corrected chi connectivity index (χ2v) is 5.72. The van der Waals surface area contributed by atoms with Gasteiger partial charge in [0, 0.05) is 26.7 Å². The van der Waals surface area contributed by atoms with E-state index in [0.717, 1.165) is 26.1 Å². The molecule has 0 aliphatic carbocycles. The molecular weight excluding hydrogens is 214 g/mol. The molecule has 2 unspecified atom stereocenters. The van der Waals surface area contributed by atoms with E-state index in [1.807, 2.05) is 25.8 Å². The maximum Gasteiger partial charge on any atom is 0.229 e. The van der Waals surface area contributed by atoms with E-state index in [9.17, 15) is 4.79 Å². The summed E-state index contributed by atoms with van der Waals surface area (Å²) in [5.41, 5.74) is 5.34. The molecule has 1 aliphatic heterocycles. The third kappa shape index (κ3) is 3.42. The Morgan fingerprint density at radius 2 is 2.24 bits per heavy atom. The van der Waals surface area contributed by atoms with Gasteiger partial charge in [0.15, 0.2) is 0 Å². The Labute approximate surface area is 105 Å². The van der Waals surface area contributed by atoms with Crippen LogP contribution < -0.4 is 5.73 Å². The minimum atomic E-state index is -0.390. The Hall–Kier alpha value is -0.610. The molecule has 0 aromatic rings. The summed E-state index contributed by atoms with van der Waals surface area (Å²) in [5.74, 6) is 0.810. The van der Waals surface area contributed by atoms with Crippen molar-refractivity contribution in [3.8, 4) is 0 Å². The predicted octanol–water partition coefficient (Wildman–Crippen LogP) is 0.772. The first-order valence-electron chi connectivity index (χ1n) is 6.57. The summed E-state index contributed by atoms with van der Waals surface area (Å²) < 4.78 is 0. The zero-order valence-corrected chi connectivity index (χ0v) is 11.7. The Morgan fingerprint density at radius 3 is 2.65 bits per heavy atom. The molecule has 0 spiro atoms. The highest BCUT2D eigenvalue weighted by Crippen LogP contribution is 2.23. The summed E-state index contributed by atoms with van der Waals surface area (Å²) in [6.45, 7) is 7.53. The summed E-state index contributed by atoms with van der Waals surface area (Å²) in [5, 5.41) is 0. The van der Waals surface area contributed by atoms with Gasteiger partial charge in [-0.2, -0.15) is 0 Å². The lowest BCUT2D eigenvalue weighted by Crippen LogP contribution is -2.46. The fourth-order valence-electron chi connectivity index (χ4n) is 2.49. The first-order valence-corrected chi connectivity index (χ1v) is 6.57.